The van der Waals surface area contributed by atoms with Crippen LogP contribution in [0.1, 0.15) is 30.9 Å². The van der Waals surface area contributed by atoms with Gasteiger partial charge in [0.05, 0.1) is 0 Å². The second kappa shape index (κ2) is 6.41. The summed E-state index contributed by atoms with van der Waals surface area (Å²) >= 11 is 5.80. The van der Waals surface area contributed by atoms with Gasteiger partial charge in [0.1, 0.15) is 5.15 Å². The lowest BCUT2D eigenvalue weighted by molar-refractivity contribution is 0.502. The van der Waals surface area contributed by atoms with Crippen LogP contribution in [-0.4, -0.2) is 4.98 Å². The van der Waals surface area contributed by atoms with Crippen molar-refractivity contribution in [1.29, 1.82) is 0 Å². The van der Waals surface area contributed by atoms with Gasteiger partial charge in [-0.25, -0.2) is 4.98 Å². The summed E-state index contributed by atoms with van der Waals surface area (Å²) in [4.78, 5) is 3.92. The van der Waals surface area contributed by atoms with Crippen LogP contribution in [0.15, 0.2) is 18.3 Å². The second-order valence-electron chi connectivity index (χ2n) is 3.23. The number of hydrazine groups is 1. The molecule has 0 aliphatic rings. The van der Waals surface area contributed by atoms with Gasteiger partial charge in [-0.15, -0.1) is 12.3 Å². The van der Waals surface area contributed by atoms with E-state index in [1.54, 1.807) is 6.20 Å². The number of nitrogens with two attached hydrogens (primary N) is 1. The van der Waals surface area contributed by atoms with E-state index in [1.807, 2.05) is 12.1 Å². The number of rotatable bonds is 5. The van der Waals surface area contributed by atoms with Crippen molar-refractivity contribution in [3.63, 3.8) is 0 Å². The minimum atomic E-state index is 0.0823. The number of hydrogen-bond acceptors (Lipinski definition) is 3. The minimum absolute atomic E-state index is 0.0823. The molecule has 3 N–H and O–H groups in total. The number of pyridine rings is 1. The molecule has 1 rings (SSSR count). The summed E-state index contributed by atoms with van der Waals surface area (Å²) in [5, 5.41) is 0.477. The number of nitrogens with zero attached hydrogens (tertiary/aromatic N) is 1. The summed E-state index contributed by atoms with van der Waals surface area (Å²) in [6.07, 6.45) is 9.44. The molecular weight excluding hydrogens is 210 g/mol. The molecule has 0 saturated heterocycles. The molecular formula is C11H14ClN3. The molecule has 3 nitrogen and oxygen atoms in total. The van der Waals surface area contributed by atoms with Crippen molar-refractivity contribution in [3.8, 4) is 12.3 Å². The number of unbranched alkanes of at least 4 members (excludes halogenated alkanes) is 1. The molecule has 80 valence electrons. The highest BCUT2D eigenvalue weighted by molar-refractivity contribution is 6.29. The van der Waals surface area contributed by atoms with Crippen molar-refractivity contribution in [1.82, 2.24) is 10.4 Å². The molecule has 0 aromatic carbocycles. The first-order valence-electron chi connectivity index (χ1n) is 4.79. The molecule has 0 fully saturated rings. The maximum absolute atomic E-state index is 5.80. The van der Waals surface area contributed by atoms with Crippen molar-refractivity contribution < 1.29 is 0 Å². The fourth-order valence-corrected chi connectivity index (χ4v) is 1.57. The first-order valence-corrected chi connectivity index (χ1v) is 5.16. The van der Waals surface area contributed by atoms with Gasteiger partial charge in [-0.05, 0) is 30.5 Å². The zero-order valence-electron chi connectivity index (χ0n) is 8.41. The van der Waals surface area contributed by atoms with Crippen LogP contribution in [0.5, 0.6) is 0 Å². The Balaban J connectivity index is 2.62. The van der Waals surface area contributed by atoms with E-state index in [0.29, 0.717) is 5.15 Å². The Morgan fingerprint density at radius 3 is 3.07 bits per heavy atom. The summed E-state index contributed by atoms with van der Waals surface area (Å²) in [7, 11) is 0. The van der Waals surface area contributed by atoms with Crippen LogP contribution in [0.3, 0.4) is 0 Å². The van der Waals surface area contributed by atoms with Gasteiger partial charge in [0, 0.05) is 18.7 Å². The van der Waals surface area contributed by atoms with Crippen LogP contribution >= 0.6 is 11.6 Å². The van der Waals surface area contributed by atoms with E-state index in [-0.39, 0.29) is 6.04 Å². The Morgan fingerprint density at radius 1 is 1.67 bits per heavy atom. The molecule has 1 heterocycles. The standard InChI is InChI=1S/C11H14ClN3/c1-2-3-4-5-10(15-13)9-6-7-14-11(12)8-9/h1,6-8,10,15H,3-5,13H2. The van der Waals surface area contributed by atoms with Gasteiger partial charge in [0.25, 0.3) is 0 Å². The Labute approximate surface area is 95.0 Å². The highest BCUT2D eigenvalue weighted by atomic mass is 35.5. The highest BCUT2D eigenvalue weighted by Crippen LogP contribution is 2.20. The van der Waals surface area contributed by atoms with Crippen LogP contribution in [-0.2, 0) is 0 Å². The second-order valence-corrected chi connectivity index (χ2v) is 3.61. The quantitative estimate of drug-likeness (QED) is 0.264. The lowest BCUT2D eigenvalue weighted by Gasteiger charge is -2.15. The van der Waals surface area contributed by atoms with Gasteiger partial charge in [-0.1, -0.05) is 11.6 Å². The monoisotopic (exact) mass is 223 g/mol. The predicted molar refractivity (Wildman–Crippen MR) is 62.0 cm³/mol. The van der Waals surface area contributed by atoms with Crippen LogP contribution < -0.4 is 11.3 Å². The van der Waals surface area contributed by atoms with Crippen LogP contribution in [0.25, 0.3) is 0 Å². The molecule has 0 aliphatic carbocycles. The molecule has 15 heavy (non-hydrogen) atoms. The Hall–Kier alpha value is -1.08. The first-order chi connectivity index (χ1) is 7.27. The Morgan fingerprint density at radius 2 is 2.47 bits per heavy atom. The molecule has 4 heteroatoms. The molecule has 1 aromatic heterocycles. The van der Waals surface area contributed by atoms with Crippen LogP contribution in [0.2, 0.25) is 5.15 Å². The van der Waals surface area contributed by atoms with Crippen LogP contribution in [0, 0.1) is 12.3 Å². The summed E-state index contributed by atoms with van der Waals surface area (Å²) in [5.41, 5.74) is 3.79. The SMILES string of the molecule is C#CCCCC(NN)c1ccnc(Cl)c1. The molecule has 1 atom stereocenters. The first kappa shape index (κ1) is 12.0. The van der Waals surface area contributed by atoms with Gasteiger partial charge >= 0.3 is 0 Å². The topological polar surface area (TPSA) is 50.9 Å². The van der Waals surface area contributed by atoms with E-state index in [0.717, 1.165) is 24.8 Å². The average molecular weight is 224 g/mol. The third-order valence-corrected chi connectivity index (χ3v) is 2.37. The zero-order chi connectivity index (χ0) is 11.1. The summed E-state index contributed by atoms with van der Waals surface area (Å²) in [6.45, 7) is 0. The fourth-order valence-electron chi connectivity index (χ4n) is 1.39. The molecule has 1 unspecified atom stereocenters. The molecule has 0 bridgehead atoms. The van der Waals surface area contributed by atoms with Gasteiger partial charge < -0.3 is 0 Å². The molecule has 0 spiro atoms. The summed E-state index contributed by atoms with van der Waals surface area (Å²) in [6, 6.07) is 3.78. The van der Waals surface area contributed by atoms with Crippen molar-refractivity contribution in [3.05, 3.63) is 29.0 Å². The van der Waals surface area contributed by atoms with Gasteiger partial charge in [-0.3, -0.25) is 11.3 Å². The van der Waals surface area contributed by atoms with Crippen LogP contribution in [0.4, 0.5) is 0 Å². The fraction of sp³-hybridized carbons (Fsp3) is 0.364. The molecule has 0 aliphatic heterocycles. The lowest BCUT2D eigenvalue weighted by Crippen LogP contribution is -2.28. The maximum atomic E-state index is 5.80. The number of nitrogens with one attached hydrogen (secondary N) is 1. The highest BCUT2D eigenvalue weighted by Gasteiger charge is 2.09. The maximum Gasteiger partial charge on any atom is 0.129 e. The van der Waals surface area contributed by atoms with E-state index in [4.69, 9.17) is 23.9 Å². The van der Waals surface area contributed by atoms with E-state index in [2.05, 4.69) is 16.3 Å². The average Bonchev–Trinajstić information content (AvgIpc) is 2.24. The Bertz CT molecular complexity index is 346. The van der Waals surface area contributed by atoms with E-state index in [1.165, 1.54) is 0 Å². The molecule has 0 saturated carbocycles. The van der Waals surface area contributed by atoms with E-state index in [9.17, 15) is 0 Å². The number of aromatic nitrogens is 1. The molecule has 0 amide bonds. The smallest absolute Gasteiger partial charge is 0.129 e. The predicted octanol–water partition coefficient (Wildman–Crippen LogP) is 2.04. The van der Waals surface area contributed by atoms with Crippen molar-refractivity contribution in [2.24, 2.45) is 5.84 Å². The van der Waals surface area contributed by atoms with E-state index >= 15 is 0 Å². The van der Waals surface area contributed by atoms with Crippen molar-refractivity contribution in [2.45, 2.75) is 25.3 Å². The van der Waals surface area contributed by atoms with Gasteiger partial charge in [0.2, 0.25) is 0 Å². The largest absolute Gasteiger partial charge is 0.271 e. The third kappa shape index (κ3) is 3.88. The van der Waals surface area contributed by atoms with Crippen molar-refractivity contribution in [2.75, 3.05) is 0 Å². The summed E-state index contributed by atoms with van der Waals surface area (Å²) < 4.78 is 0. The minimum Gasteiger partial charge on any atom is -0.271 e. The number of halogens is 1. The third-order valence-electron chi connectivity index (χ3n) is 2.17. The molecule has 0 radical (unpaired) electrons. The number of hydrogen-bond donors (Lipinski definition) is 2. The lowest BCUT2D eigenvalue weighted by atomic mass is 10.0. The zero-order valence-corrected chi connectivity index (χ0v) is 9.17. The Kier molecular flexibility index (Phi) is 5.13. The van der Waals surface area contributed by atoms with E-state index < -0.39 is 0 Å². The molecule has 1 aromatic rings. The van der Waals surface area contributed by atoms with Gasteiger partial charge in [-0.2, -0.15) is 0 Å². The summed E-state index contributed by atoms with van der Waals surface area (Å²) in [5.74, 6) is 8.07. The van der Waals surface area contributed by atoms with Crippen molar-refractivity contribution >= 4 is 11.6 Å². The van der Waals surface area contributed by atoms with Gasteiger partial charge in [0.15, 0.2) is 0 Å². The normalized spacial score (nSPS) is 12.1. The number of terminal acetylenes is 1.